The van der Waals surface area contributed by atoms with Crippen LogP contribution in [0, 0.1) is 6.92 Å². The number of carbonyl (C=O) groups excluding carboxylic acids is 1. The van der Waals surface area contributed by atoms with E-state index in [4.69, 9.17) is 0 Å². The summed E-state index contributed by atoms with van der Waals surface area (Å²) in [6, 6.07) is 19.6. The van der Waals surface area contributed by atoms with E-state index in [1.807, 2.05) is 62.5 Å². The molecule has 6 heteroatoms. The van der Waals surface area contributed by atoms with Gasteiger partial charge in [-0.2, -0.15) is 11.8 Å². The molecule has 1 N–H and O–H groups in total. The summed E-state index contributed by atoms with van der Waals surface area (Å²) in [5, 5.41) is 3.14. The lowest BCUT2D eigenvalue weighted by Gasteiger charge is -2.11. The lowest BCUT2D eigenvalue weighted by Crippen LogP contribution is -2.23. The number of rotatable bonds is 7. The number of nitrogens with zero attached hydrogens (tertiary/aromatic N) is 2. The summed E-state index contributed by atoms with van der Waals surface area (Å²) in [5.41, 5.74) is 2.87. The van der Waals surface area contributed by atoms with Gasteiger partial charge < -0.3 is 5.32 Å². The molecule has 1 amide bonds. The molecule has 0 aliphatic rings. The molecule has 5 nitrogen and oxygen atoms in total. The first-order valence-corrected chi connectivity index (χ1v) is 10.3. The van der Waals surface area contributed by atoms with Gasteiger partial charge in [0.05, 0.1) is 11.4 Å². The summed E-state index contributed by atoms with van der Waals surface area (Å²) >= 11 is 1.73. The Morgan fingerprint density at radius 1 is 1.07 bits per heavy atom. The van der Waals surface area contributed by atoms with Crippen molar-refractivity contribution in [2.45, 2.75) is 25.5 Å². The minimum absolute atomic E-state index is 0.140. The van der Waals surface area contributed by atoms with Crippen LogP contribution in [0.5, 0.6) is 0 Å². The van der Waals surface area contributed by atoms with E-state index in [2.05, 4.69) is 24.4 Å². The topological polar surface area (TPSA) is 56.0 Å². The molecule has 0 fully saturated rings. The number of thioether (sulfide) groups is 1. The van der Waals surface area contributed by atoms with Crippen molar-refractivity contribution in [3.63, 3.8) is 0 Å². The summed E-state index contributed by atoms with van der Waals surface area (Å²) in [7, 11) is 1.82. The maximum absolute atomic E-state index is 12.8. The molecule has 1 aromatic heterocycles. The molecule has 146 valence electrons. The van der Waals surface area contributed by atoms with Crippen LogP contribution in [0.1, 0.15) is 29.9 Å². The number of para-hydroxylation sites is 1. The van der Waals surface area contributed by atoms with E-state index in [0.717, 1.165) is 11.4 Å². The first-order chi connectivity index (χ1) is 13.5. The Hall–Kier alpha value is -2.73. The van der Waals surface area contributed by atoms with Crippen molar-refractivity contribution in [2.75, 3.05) is 11.1 Å². The SMILES string of the molecule is Cc1c(NC(=O)CCS[C@H](C)c2ccccc2)c(=O)n(-c2ccccc2)n1C. The van der Waals surface area contributed by atoms with E-state index in [-0.39, 0.29) is 11.5 Å². The molecule has 3 aromatic rings. The maximum Gasteiger partial charge on any atom is 0.295 e. The summed E-state index contributed by atoms with van der Waals surface area (Å²) in [6.45, 7) is 3.97. The van der Waals surface area contributed by atoms with E-state index < -0.39 is 0 Å². The fraction of sp³-hybridized carbons (Fsp3) is 0.273. The molecular formula is C22H25N3O2S. The number of hydrogen-bond acceptors (Lipinski definition) is 3. The van der Waals surface area contributed by atoms with Crippen molar-refractivity contribution in [3.05, 3.63) is 82.3 Å². The second-order valence-corrected chi connectivity index (χ2v) is 8.11. The smallest absolute Gasteiger partial charge is 0.295 e. The lowest BCUT2D eigenvalue weighted by molar-refractivity contribution is -0.115. The van der Waals surface area contributed by atoms with Gasteiger partial charge in [0.2, 0.25) is 5.91 Å². The Morgan fingerprint density at radius 3 is 2.32 bits per heavy atom. The fourth-order valence-corrected chi connectivity index (χ4v) is 4.07. The predicted octanol–water partition coefficient (Wildman–Crippen LogP) is 4.31. The number of carbonyl (C=O) groups is 1. The molecular weight excluding hydrogens is 370 g/mol. The third-order valence-corrected chi connectivity index (χ3v) is 6.00. The predicted molar refractivity (Wildman–Crippen MR) is 116 cm³/mol. The van der Waals surface area contributed by atoms with Gasteiger partial charge in [0, 0.05) is 24.5 Å². The zero-order valence-corrected chi connectivity index (χ0v) is 17.2. The van der Waals surface area contributed by atoms with Crippen LogP contribution < -0.4 is 10.9 Å². The molecule has 28 heavy (non-hydrogen) atoms. The van der Waals surface area contributed by atoms with Crippen LogP contribution in [0.2, 0.25) is 0 Å². The van der Waals surface area contributed by atoms with Gasteiger partial charge in [-0.05, 0) is 31.5 Å². The summed E-state index contributed by atoms with van der Waals surface area (Å²) in [4.78, 5) is 25.2. The van der Waals surface area contributed by atoms with Crippen LogP contribution in [-0.4, -0.2) is 21.0 Å². The third kappa shape index (κ3) is 4.39. The van der Waals surface area contributed by atoms with Gasteiger partial charge in [-0.25, -0.2) is 4.68 Å². The van der Waals surface area contributed by atoms with Crippen molar-refractivity contribution in [3.8, 4) is 5.69 Å². The van der Waals surface area contributed by atoms with Crippen molar-refractivity contribution in [2.24, 2.45) is 7.05 Å². The van der Waals surface area contributed by atoms with Crippen LogP contribution in [0.3, 0.4) is 0 Å². The molecule has 0 bridgehead atoms. The van der Waals surface area contributed by atoms with Crippen LogP contribution >= 0.6 is 11.8 Å². The van der Waals surface area contributed by atoms with Crippen molar-refractivity contribution in [1.82, 2.24) is 9.36 Å². The van der Waals surface area contributed by atoms with Crippen molar-refractivity contribution >= 4 is 23.4 Å². The number of hydrogen-bond donors (Lipinski definition) is 1. The van der Waals surface area contributed by atoms with E-state index in [9.17, 15) is 9.59 Å². The summed E-state index contributed by atoms with van der Waals surface area (Å²) in [5.74, 6) is 0.555. The third-order valence-electron chi connectivity index (χ3n) is 4.78. The highest BCUT2D eigenvalue weighted by molar-refractivity contribution is 7.99. The monoisotopic (exact) mass is 395 g/mol. The molecule has 1 atom stereocenters. The molecule has 0 spiro atoms. The zero-order valence-electron chi connectivity index (χ0n) is 16.4. The van der Waals surface area contributed by atoms with Gasteiger partial charge in [-0.15, -0.1) is 0 Å². The Kier molecular flexibility index (Phi) is 6.41. The normalized spacial score (nSPS) is 12.0. The number of anilines is 1. The van der Waals surface area contributed by atoms with Crippen LogP contribution in [0.4, 0.5) is 5.69 Å². The highest BCUT2D eigenvalue weighted by Gasteiger charge is 2.18. The minimum atomic E-state index is -0.218. The van der Waals surface area contributed by atoms with E-state index in [1.54, 1.807) is 21.1 Å². The molecule has 0 aliphatic heterocycles. The minimum Gasteiger partial charge on any atom is -0.320 e. The van der Waals surface area contributed by atoms with E-state index in [0.29, 0.717) is 23.1 Å². The van der Waals surface area contributed by atoms with Gasteiger partial charge >= 0.3 is 0 Å². The van der Waals surface area contributed by atoms with Gasteiger partial charge in [-0.3, -0.25) is 14.3 Å². The lowest BCUT2D eigenvalue weighted by atomic mass is 10.2. The second-order valence-electron chi connectivity index (χ2n) is 6.66. The number of benzene rings is 2. The molecule has 0 saturated carbocycles. The van der Waals surface area contributed by atoms with E-state index in [1.165, 1.54) is 5.56 Å². The summed E-state index contributed by atoms with van der Waals surface area (Å²) < 4.78 is 3.33. The molecule has 0 saturated heterocycles. The Morgan fingerprint density at radius 2 is 1.68 bits per heavy atom. The first kappa shape index (κ1) is 20.0. The molecule has 0 aliphatic carbocycles. The molecule has 3 rings (SSSR count). The Labute approximate surface area is 169 Å². The zero-order chi connectivity index (χ0) is 20.1. The van der Waals surface area contributed by atoms with Crippen LogP contribution in [0.15, 0.2) is 65.5 Å². The Balaban J connectivity index is 1.64. The Bertz CT molecular complexity index is 994. The molecule has 2 aromatic carbocycles. The molecule has 1 heterocycles. The van der Waals surface area contributed by atoms with Crippen LogP contribution in [0.25, 0.3) is 5.69 Å². The van der Waals surface area contributed by atoms with E-state index >= 15 is 0 Å². The van der Waals surface area contributed by atoms with Gasteiger partial charge in [0.15, 0.2) is 0 Å². The summed E-state index contributed by atoms with van der Waals surface area (Å²) in [6.07, 6.45) is 0.362. The van der Waals surface area contributed by atoms with Crippen molar-refractivity contribution in [1.29, 1.82) is 0 Å². The quantitative estimate of drug-likeness (QED) is 0.649. The standard InChI is InChI=1S/C22H25N3O2S/c1-16-21(22(27)25(24(16)3)19-12-8-5-9-13-19)23-20(26)14-15-28-17(2)18-10-6-4-7-11-18/h4-13,17H,14-15H2,1-3H3,(H,23,26)/t17-/m1/s1. The highest BCUT2D eigenvalue weighted by Crippen LogP contribution is 2.28. The average molecular weight is 396 g/mol. The number of nitrogens with one attached hydrogen (secondary N) is 1. The molecule has 0 unspecified atom stereocenters. The maximum atomic E-state index is 12.8. The largest absolute Gasteiger partial charge is 0.320 e. The number of aromatic nitrogens is 2. The molecule has 0 radical (unpaired) electrons. The second kappa shape index (κ2) is 8.97. The van der Waals surface area contributed by atoms with Crippen molar-refractivity contribution < 1.29 is 4.79 Å². The van der Waals surface area contributed by atoms with Gasteiger partial charge in [-0.1, -0.05) is 48.5 Å². The van der Waals surface area contributed by atoms with Crippen LogP contribution in [-0.2, 0) is 11.8 Å². The van der Waals surface area contributed by atoms with Gasteiger partial charge in [0.25, 0.3) is 5.56 Å². The van der Waals surface area contributed by atoms with Gasteiger partial charge in [0.1, 0.15) is 5.69 Å². The number of amides is 1. The highest BCUT2D eigenvalue weighted by atomic mass is 32.2. The average Bonchev–Trinajstić information content (AvgIpc) is 2.92. The first-order valence-electron chi connectivity index (χ1n) is 9.29. The fourth-order valence-electron chi connectivity index (χ4n) is 3.06.